The molecule has 0 aromatic heterocycles. The molecule has 1 aromatic carbocycles. The highest BCUT2D eigenvalue weighted by Gasteiger charge is 2.38. The van der Waals surface area contributed by atoms with Crippen molar-refractivity contribution in [3.63, 3.8) is 0 Å². The van der Waals surface area contributed by atoms with Crippen LogP contribution in [0.5, 0.6) is 5.75 Å². The standard InChI is InChI=1S/C17H24N2O2/c1-17(2)7-3-4-13(17)15(18)11-5-6-14-12(10-11)16(20)19-8-9-21-14/h5-6,10,13,15H,3-4,7-9,18H2,1-2H3,(H,19,20). The predicted octanol–water partition coefficient (Wildman–Crippen LogP) is 2.63. The fraction of sp³-hybridized carbons (Fsp3) is 0.588. The van der Waals surface area contributed by atoms with Crippen molar-refractivity contribution in [1.29, 1.82) is 0 Å². The van der Waals surface area contributed by atoms with E-state index in [1.807, 2.05) is 18.2 Å². The SMILES string of the molecule is CC1(C)CCCC1C(N)c1ccc2c(c1)C(=O)NCCO2. The summed E-state index contributed by atoms with van der Waals surface area (Å²) in [6, 6.07) is 5.78. The number of ether oxygens (including phenoxy) is 1. The van der Waals surface area contributed by atoms with Crippen LogP contribution in [0, 0.1) is 11.3 Å². The van der Waals surface area contributed by atoms with Gasteiger partial charge in [0.1, 0.15) is 12.4 Å². The number of amides is 1. The Bertz CT molecular complexity index is 554. The molecule has 2 unspecified atom stereocenters. The zero-order chi connectivity index (χ0) is 15.0. The summed E-state index contributed by atoms with van der Waals surface area (Å²) in [5.74, 6) is 1.05. The minimum Gasteiger partial charge on any atom is -0.491 e. The van der Waals surface area contributed by atoms with Gasteiger partial charge in [-0.2, -0.15) is 0 Å². The number of nitrogens with two attached hydrogens (primary N) is 1. The Kier molecular flexibility index (Phi) is 3.66. The average molecular weight is 288 g/mol. The van der Waals surface area contributed by atoms with Crippen molar-refractivity contribution in [2.24, 2.45) is 17.1 Å². The van der Waals surface area contributed by atoms with E-state index in [1.54, 1.807) is 0 Å². The first-order valence-corrected chi connectivity index (χ1v) is 7.79. The Morgan fingerprint density at radius 1 is 1.43 bits per heavy atom. The van der Waals surface area contributed by atoms with Gasteiger partial charge in [0.05, 0.1) is 12.1 Å². The lowest BCUT2D eigenvalue weighted by Gasteiger charge is -2.32. The summed E-state index contributed by atoms with van der Waals surface area (Å²) >= 11 is 0. The zero-order valence-electron chi connectivity index (χ0n) is 12.8. The van der Waals surface area contributed by atoms with Crippen LogP contribution in [0.25, 0.3) is 0 Å². The number of benzene rings is 1. The maximum Gasteiger partial charge on any atom is 0.255 e. The molecule has 0 saturated heterocycles. The van der Waals surface area contributed by atoms with Crippen molar-refractivity contribution < 1.29 is 9.53 Å². The quantitative estimate of drug-likeness (QED) is 0.879. The molecule has 0 radical (unpaired) electrons. The van der Waals surface area contributed by atoms with Crippen LogP contribution >= 0.6 is 0 Å². The number of hydrogen-bond donors (Lipinski definition) is 2. The third-order valence-corrected chi connectivity index (χ3v) is 5.05. The largest absolute Gasteiger partial charge is 0.491 e. The van der Waals surface area contributed by atoms with Gasteiger partial charge < -0.3 is 15.8 Å². The Labute approximate surface area is 126 Å². The normalized spacial score (nSPS) is 25.5. The first-order chi connectivity index (χ1) is 9.99. The van der Waals surface area contributed by atoms with Crippen molar-refractivity contribution in [1.82, 2.24) is 5.32 Å². The smallest absolute Gasteiger partial charge is 0.255 e. The Morgan fingerprint density at radius 2 is 2.24 bits per heavy atom. The van der Waals surface area contributed by atoms with Crippen LogP contribution < -0.4 is 15.8 Å². The molecule has 0 spiro atoms. The van der Waals surface area contributed by atoms with Crippen LogP contribution in [0.15, 0.2) is 18.2 Å². The van der Waals surface area contributed by atoms with Crippen molar-refractivity contribution in [2.45, 2.75) is 39.2 Å². The first-order valence-electron chi connectivity index (χ1n) is 7.79. The summed E-state index contributed by atoms with van der Waals surface area (Å²) in [7, 11) is 0. The summed E-state index contributed by atoms with van der Waals surface area (Å²) in [6.45, 7) is 5.65. The average Bonchev–Trinajstić information content (AvgIpc) is 2.70. The number of rotatable bonds is 2. The molecule has 1 fully saturated rings. The van der Waals surface area contributed by atoms with Crippen LogP contribution in [0.1, 0.15) is 55.1 Å². The van der Waals surface area contributed by atoms with Gasteiger partial charge >= 0.3 is 0 Å². The topological polar surface area (TPSA) is 64.4 Å². The number of nitrogens with one attached hydrogen (secondary N) is 1. The van der Waals surface area contributed by atoms with E-state index in [-0.39, 0.29) is 17.4 Å². The molecule has 1 aliphatic heterocycles. The van der Waals surface area contributed by atoms with Crippen LogP contribution in [0.2, 0.25) is 0 Å². The van der Waals surface area contributed by atoms with E-state index in [9.17, 15) is 4.79 Å². The third-order valence-electron chi connectivity index (χ3n) is 5.05. The molecule has 2 atom stereocenters. The monoisotopic (exact) mass is 288 g/mol. The van der Waals surface area contributed by atoms with Crippen molar-refractivity contribution in [3.05, 3.63) is 29.3 Å². The molecule has 1 amide bonds. The van der Waals surface area contributed by atoms with E-state index < -0.39 is 0 Å². The summed E-state index contributed by atoms with van der Waals surface area (Å²) < 4.78 is 5.60. The molecule has 21 heavy (non-hydrogen) atoms. The molecule has 1 aliphatic carbocycles. The second-order valence-corrected chi connectivity index (χ2v) is 6.87. The van der Waals surface area contributed by atoms with Crippen LogP contribution in [0.3, 0.4) is 0 Å². The number of carbonyl (C=O) groups excluding carboxylic acids is 1. The van der Waals surface area contributed by atoms with Gasteiger partial charge in [0.25, 0.3) is 5.91 Å². The first kappa shape index (κ1) is 14.4. The van der Waals surface area contributed by atoms with Crippen LogP contribution in [-0.4, -0.2) is 19.1 Å². The zero-order valence-corrected chi connectivity index (χ0v) is 12.8. The van der Waals surface area contributed by atoms with Crippen molar-refractivity contribution in [3.8, 4) is 5.75 Å². The van der Waals surface area contributed by atoms with Gasteiger partial charge in [0, 0.05) is 6.04 Å². The van der Waals surface area contributed by atoms with Crippen LogP contribution in [-0.2, 0) is 0 Å². The number of carbonyl (C=O) groups is 1. The molecule has 4 nitrogen and oxygen atoms in total. The summed E-state index contributed by atoms with van der Waals surface area (Å²) in [5, 5.41) is 2.85. The van der Waals surface area contributed by atoms with Crippen molar-refractivity contribution >= 4 is 5.91 Å². The highest BCUT2D eigenvalue weighted by Crippen LogP contribution is 2.48. The maximum absolute atomic E-state index is 12.1. The highest BCUT2D eigenvalue weighted by molar-refractivity contribution is 5.97. The van der Waals surface area contributed by atoms with Gasteiger partial charge in [-0.1, -0.05) is 26.3 Å². The fourth-order valence-electron chi connectivity index (χ4n) is 3.73. The lowest BCUT2D eigenvalue weighted by Crippen LogP contribution is -2.30. The molecular weight excluding hydrogens is 264 g/mol. The van der Waals surface area contributed by atoms with Gasteiger partial charge in [-0.05, 0) is 41.9 Å². The molecule has 4 heteroatoms. The molecule has 114 valence electrons. The van der Waals surface area contributed by atoms with Crippen molar-refractivity contribution in [2.75, 3.05) is 13.2 Å². The molecule has 1 saturated carbocycles. The summed E-state index contributed by atoms with van der Waals surface area (Å²) in [5.41, 5.74) is 8.43. The fourth-order valence-corrected chi connectivity index (χ4v) is 3.73. The molecule has 0 bridgehead atoms. The van der Waals surface area contributed by atoms with Gasteiger partial charge in [-0.25, -0.2) is 0 Å². The Hall–Kier alpha value is -1.55. The summed E-state index contributed by atoms with van der Waals surface area (Å²) in [6.07, 6.45) is 3.62. The number of hydrogen-bond acceptors (Lipinski definition) is 3. The lowest BCUT2D eigenvalue weighted by atomic mass is 9.75. The predicted molar refractivity (Wildman–Crippen MR) is 82.3 cm³/mol. The summed E-state index contributed by atoms with van der Waals surface area (Å²) in [4.78, 5) is 12.1. The van der Waals surface area contributed by atoms with E-state index in [4.69, 9.17) is 10.5 Å². The molecule has 3 rings (SSSR count). The Morgan fingerprint density at radius 3 is 2.95 bits per heavy atom. The van der Waals surface area contributed by atoms with Gasteiger partial charge in [-0.15, -0.1) is 0 Å². The van der Waals surface area contributed by atoms with E-state index in [0.29, 0.717) is 30.4 Å². The second kappa shape index (κ2) is 5.34. The lowest BCUT2D eigenvalue weighted by molar-refractivity contribution is 0.0957. The Balaban J connectivity index is 1.91. The molecule has 2 aliphatic rings. The van der Waals surface area contributed by atoms with Crippen LogP contribution in [0.4, 0.5) is 0 Å². The van der Waals surface area contributed by atoms with E-state index in [0.717, 1.165) is 12.0 Å². The minimum atomic E-state index is -0.0674. The maximum atomic E-state index is 12.1. The molecular formula is C17H24N2O2. The molecule has 1 heterocycles. The third kappa shape index (κ3) is 2.64. The van der Waals surface area contributed by atoms with Gasteiger partial charge in [0.2, 0.25) is 0 Å². The number of fused-ring (bicyclic) bond motifs is 1. The minimum absolute atomic E-state index is 0.0242. The molecule has 3 N–H and O–H groups in total. The van der Waals surface area contributed by atoms with E-state index in [2.05, 4.69) is 19.2 Å². The van der Waals surface area contributed by atoms with Gasteiger partial charge in [-0.3, -0.25) is 4.79 Å². The van der Waals surface area contributed by atoms with E-state index in [1.165, 1.54) is 12.8 Å². The highest BCUT2D eigenvalue weighted by atomic mass is 16.5. The van der Waals surface area contributed by atoms with E-state index >= 15 is 0 Å². The molecule has 1 aromatic rings. The van der Waals surface area contributed by atoms with Gasteiger partial charge in [0.15, 0.2) is 0 Å². The second-order valence-electron chi connectivity index (χ2n) is 6.87.